The first kappa shape index (κ1) is 34.4. The minimum atomic E-state index is -5.08. The number of hydrogen-bond acceptors (Lipinski definition) is 7. The molecule has 1 fully saturated rings. The summed E-state index contributed by atoms with van der Waals surface area (Å²) in [5.41, 5.74) is 1.45. The van der Waals surface area contributed by atoms with Gasteiger partial charge in [0.05, 0.1) is 21.8 Å². The van der Waals surface area contributed by atoms with E-state index in [1.165, 1.54) is 0 Å². The van der Waals surface area contributed by atoms with Crippen molar-refractivity contribution >= 4 is 49.0 Å². The van der Waals surface area contributed by atoms with Gasteiger partial charge in [0, 0.05) is 60.0 Å². The topological polar surface area (TPSA) is 124 Å². The van der Waals surface area contributed by atoms with Gasteiger partial charge >= 0.3 is 12.1 Å². The Bertz CT molecular complexity index is 1370. The zero-order valence-corrected chi connectivity index (χ0v) is 24.9. The predicted molar refractivity (Wildman–Crippen MR) is 149 cm³/mol. The van der Waals surface area contributed by atoms with Crippen LogP contribution in [0.1, 0.15) is 35.2 Å². The van der Waals surface area contributed by atoms with Gasteiger partial charge in [0.1, 0.15) is 5.82 Å². The van der Waals surface area contributed by atoms with Crippen molar-refractivity contribution in [3.8, 4) is 0 Å². The van der Waals surface area contributed by atoms with Gasteiger partial charge in [-0.2, -0.15) is 13.2 Å². The van der Waals surface area contributed by atoms with Crippen molar-refractivity contribution in [3.05, 3.63) is 46.1 Å². The lowest BCUT2D eigenvalue weighted by Crippen LogP contribution is -2.30. The summed E-state index contributed by atoms with van der Waals surface area (Å²) in [6.07, 6.45) is -2.07. The lowest BCUT2D eigenvalue weighted by molar-refractivity contribution is -0.192. The number of carbonyl (C=O) groups is 2. The summed E-state index contributed by atoms with van der Waals surface area (Å²) < 4.78 is 77.5. The molecule has 1 aromatic carbocycles. The average molecular weight is 673 g/mol. The van der Waals surface area contributed by atoms with Crippen LogP contribution in [-0.2, 0) is 14.5 Å². The fourth-order valence-electron chi connectivity index (χ4n) is 3.76. The Kier molecular flexibility index (Phi) is 12.0. The van der Waals surface area contributed by atoms with Crippen LogP contribution in [0.2, 0.25) is 0 Å². The first-order valence-corrected chi connectivity index (χ1v) is 15.0. The maximum Gasteiger partial charge on any atom is 0.490 e. The molecule has 0 spiro atoms. The molecule has 2 aromatic rings. The Labute approximate surface area is 243 Å². The second kappa shape index (κ2) is 14.4. The molecule has 0 bridgehead atoms. The van der Waals surface area contributed by atoms with Gasteiger partial charge in [-0.3, -0.25) is 4.79 Å². The van der Waals surface area contributed by atoms with Gasteiger partial charge in [-0.25, -0.2) is 27.1 Å². The minimum Gasteiger partial charge on any atom is -0.475 e. The monoisotopic (exact) mass is 671 g/mol. The number of carboxylic acids is 1. The number of carbonyl (C=O) groups excluding carboxylic acids is 1. The number of aliphatic carboxylic acids is 1. The Balaban J connectivity index is 0.000000745. The van der Waals surface area contributed by atoms with Gasteiger partial charge in [-0.1, -0.05) is 6.07 Å². The molecule has 9 nitrogen and oxygen atoms in total. The van der Waals surface area contributed by atoms with Crippen LogP contribution in [0.3, 0.4) is 0 Å². The van der Waals surface area contributed by atoms with Gasteiger partial charge in [0.25, 0.3) is 5.91 Å². The highest BCUT2D eigenvalue weighted by Crippen LogP contribution is 2.33. The number of halogens is 6. The molecule has 0 aliphatic carbocycles. The summed E-state index contributed by atoms with van der Waals surface area (Å²) >= 11 is 3.42. The number of alkyl halides is 5. The largest absolute Gasteiger partial charge is 0.490 e. The zero-order valence-electron chi connectivity index (χ0n) is 22.5. The molecule has 1 amide bonds. The van der Waals surface area contributed by atoms with Crippen molar-refractivity contribution < 1.29 is 40.9 Å². The van der Waals surface area contributed by atoms with Crippen molar-refractivity contribution in [2.24, 2.45) is 4.36 Å². The highest BCUT2D eigenvalue weighted by Gasteiger charge is 2.38. The van der Waals surface area contributed by atoms with E-state index in [0.29, 0.717) is 58.1 Å². The minimum absolute atomic E-state index is 0.114. The van der Waals surface area contributed by atoms with Crippen LogP contribution in [0.4, 0.5) is 33.5 Å². The molecular formula is C25H31BrF5N5O4S. The normalized spacial score (nSPS) is 16.5. The van der Waals surface area contributed by atoms with E-state index in [-0.39, 0.29) is 19.4 Å². The fourth-order valence-corrected chi connectivity index (χ4v) is 5.33. The Hall–Kier alpha value is -2.85. The van der Waals surface area contributed by atoms with E-state index < -0.39 is 33.7 Å². The number of hydrogen-bond donors (Lipinski definition) is 3. The number of benzene rings is 1. The lowest BCUT2D eigenvalue weighted by atomic mass is 10.1. The maximum absolute atomic E-state index is 13.9. The first-order chi connectivity index (χ1) is 19.0. The van der Waals surface area contributed by atoms with Crippen molar-refractivity contribution in [1.29, 1.82) is 0 Å². The van der Waals surface area contributed by atoms with Crippen molar-refractivity contribution in [2.45, 2.75) is 43.2 Å². The van der Waals surface area contributed by atoms with Gasteiger partial charge in [-0.05, 0) is 60.1 Å². The average Bonchev–Trinajstić information content (AvgIpc) is 3.05. The molecule has 0 saturated carbocycles. The zero-order chi connectivity index (χ0) is 31.0. The summed E-state index contributed by atoms with van der Waals surface area (Å²) in [6, 6.07) is 6.79. The molecule has 1 saturated heterocycles. The van der Waals surface area contributed by atoms with E-state index in [4.69, 9.17) is 9.90 Å². The van der Waals surface area contributed by atoms with Crippen LogP contribution in [0.25, 0.3) is 0 Å². The Morgan fingerprint density at radius 3 is 2.51 bits per heavy atom. The number of pyridine rings is 1. The first-order valence-electron chi connectivity index (χ1n) is 12.3. The van der Waals surface area contributed by atoms with E-state index in [1.807, 2.05) is 0 Å². The van der Waals surface area contributed by atoms with Gasteiger partial charge in [0.15, 0.2) is 0 Å². The van der Waals surface area contributed by atoms with Crippen LogP contribution < -0.4 is 15.5 Å². The van der Waals surface area contributed by atoms with Crippen molar-refractivity contribution in [3.63, 3.8) is 0 Å². The summed E-state index contributed by atoms with van der Waals surface area (Å²) in [6.45, 7) is 3.31. The van der Waals surface area contributed by atoms with E-state index in [1.54, 1.807) is 55.6 Å². The third-order valence-corrected chi connectivity index (χ3v) is 8.58. The smallest absolute Gasteiger partial charge is 0.475 e. The second-order valence-electron chi connectivity index (χ2n) is 9.17. The number of amides is 1. The number of rotatable bonds is 7. The third-order valence-electron chi connectivity index (χ3n) is 5.97. The Morgan fingerprint density at radius 1 is 1.24 bits per heavy atom. The maximum atomic E-state index is 13.9. The molecule has 228 valence electrons. The lowest BCUT2D eigenvalue weighted by Gasteiger charge is -2.25. The quantitative estimate of drug-likeness (QED) is 0.268. The number of aromatic nitrogens is 1. The van der Waals surface area contributed by atoms with Crippen LogP contribution in [0.15, 0.2) is 44.2 Å². The molecule has 1 aromatic heterocycles. The van der Waals surface area contributed by atoms with Gasteiger partial charge < -0.3 is 20.6 Å². The number of anilines is 2. The molecular weight excluding hydrogens is 641 g/mol. The molecule has 1 atom stereocenters. The number of nitrogens with one attached hydrogen (secondary N) is 2. The van der Waals surface area contributed by atoms with E-state index in [9.17, 15) is 31.0 Å². The van der Waals surface area contributed by atoms with Crippen LogP contribution >= 0.6 is 15.9 Å². The molecule has 16 heteroatoms. The number of carboxylic acid groups (broad SMARTS) is 1. The molecule has 41 heavy (non-hydrogen) atoms. The summed E-state index contributed by atoms with van der Waals surface area (Å²) in [4.78, 5) is 29.0. The van der Waals surface area contributed by atoms with Crippen molar-refractivity contribution in [2.75, 3.05) is 49.7 Å². The second-order valence-corrected chi connectivity index (χ2v) is 12.4. The van der Waals surface area contributed by atoms with E-state index in [2.05, 4.69) is 35.9 Å². The Morgan fingerprint density at radius 2 is 1.90 bits per heavy atom. The predicted octanol–water partition coefficient (Wildman–Crippen LogP) is 5.34. The molecule has 2 heterocycles. The van der Waals surface area contributed by atoms with Crippen LogP contribution in [0.5, 0.6) is 0 Å². The molecule has 1 aliphatic heterocycles. The summed E-state index contributed by atoms with van der Waals surface area (Å²) in [5.74, 6) is -5.50. The van der Waals surface area contributed by atoms with Gasteiger partial charge in [0.2, 0.25) is 5.92 Å². The highest BCUT2D eigenvalue weighted by molar-refractivity contribution is 9.10. The SMILES string of the molecule is CNCCN=S(C)(=O)c1cccc(NC(=O)c2c(N3CCCC(F)(F)CC3)ncc(Br)c2C)c1.O=C(O)C(F)(F)F. The van der Waals surface area contributed by atoms with Crippen LogP contribution in [0, 0.1) is 6.92 Å². The number of likely N-dealkylation sites (N-methyl/N-ethyl adjacent to an activating group) is 1. The highest BCUT2D eigenvalue weighted by atomic mass is 79.9. The summed E-state index contributed by atoms with van der Waals surface area (Å²) in [5, 5.41) is 13.0. The number of nitrogens with zero attached hydrogens (tertiary/aromatic N) is 3. The third kappa shape index (κ3) is 10.2. The molecule has 1 unspecified atom stereocenters. The molecule has 3 N–H and O–H groups in total. The van der Waals surface area contributed by atoms with Gasteiger partial charge in [-0.15, -0.1) is 0 Å². The van der Waals surface area contributed by atoms with E-state index in [0.717, 1.165) is 0 Å². The molecule has 1 aliphatic rings. The standard InChI is InChI=1S/C23H30BrF2N5O2S.C2HF3O2/c1-16-19(24)15-28-21(31-12-5-8-23(25,26)9-13-31)20(16)22(32)30-17-6-4-7-18(14-17)34(3,33)29-11-10-27-2;3-2(4,5)1(6)7/h4,6-7,14-15,27H,5,8-13H2,1-3H3,(H,30,32);(H,6,7). The van der Waals surface area contributed by atoms with E-state index >= 15 is 0 Å². The molecule has 0 radical (unpaired) electrons. The molecule has 3 rings (SSSR count). The fraction of sp³-hybridized carbons (Fsp3) is 0.480. The van der Waals surface area contributed by atoms with Crippen LogP contribution in [-0.4, -0.2) is 77.8 Å². The summed E-state index contributed by atoms with van der Waals surface area (Å²) in [7, 11) is -0.827. The van der Waals surface area contributed by atoms with Crippen molar-refractivity contribution in [1.82, 2.24) is 10.3 Å².